The van der Waals surface area contributed by atoms with Gasteiger partial charge in [-0.25, -0.2) is 15.0 Å². The number of furan rings is 1. The van der Waals surface area contributed by atoms with E-state index in [-0.39, 0.29) is 0 Å². The van der Waals surface area contributed by atoms with Crippen LogP contribution in [-0.2, 0) is 0 Å². The van der Waals surface area contributed by atoms with E-state index in [0.29, 0.717) is 17.5 Å². The third kappa shape index (κ3) is 6.34. The maximum Gasteiger partial charge on any atom is 0.164 e. The highest BCUT2D eigenvalue weighted by Crippen LogP contribution is 2.43. The second-order valence-electron chi connectivity index (χ2n) is 14.8. The second-order valence-corrected chi connectivity index (χ2v) is 14.8. The Morgan fingerprint density at radius 1 is 0.254 bits per heavy atom. The van der Waals surface area contributed by atoms with Gasteiger partial charge in [-0.2, -0.15) is 0 Å². The molecule has 0 bridgehead atoms. The van der Waals surface area contributed by atoms with Gasteiger partial charge in [0, 0.05) is 32.8 Å². The van der Waals surface area contributed by atoms with Crippen molar-refractivity contribution in [2.45, 2.75) is 0 Å². The van der Waals surface area contributed by atoms with Crippen LogP contribution in [0.15, 0.2) is 217 Å². The first-order chi connectivity index (χ1) is 29.2. The lowest BCUT2D eigenvalue weighted by Crippen LogP contribution is -2.00. The van der Waals surface area contributed by atoms with E-state index in [1.807, 2.05) is 60.7 Å². The van der Waals surface area contributed by atoms with E-state index in [0.717, 1.165) is 71.7 Å². The second kappa shape index (κ2) is 14.5. The molecule has 0 radical (unpaired) electrons. The zero-order valence-electron chi connectivity index (χ0n) is 32.0. The van der Waals surface area contributed by atoms with Crippen LogP contribution in [0.25, 0.3) is 111 Å². The van der Waals surface area contributed by atoms with Gasteiger partial charge >= 0.3 is 0 Å². The average molecular weight is 754 g/mol. The minimum absolute atomic E-state index is 0.610. The Morgan fingerprint density at radius 2 is 0.763 bits per heavy atom. The van der Waals surface area contributed by atoms with Crippen LogP contribution in [0, 0.1) is 0 Å². The number of rotatable bonds is 7. The quantitative estimate of drug-likeness (QED) is 0.163. The molecule has 11 aromatic rings. The molecule has 276 valence electrons. The summed E-state index contributed by atoms with van der Waals surface area (Å²) in [6, 6.07) is 74.1. The van der Waals surface area contributed by atoms with Crippen LogP contribution in [0.4, 0.5) is 0 Å². The zero-order chi connectivity index (χ0) is 39.1. The molecule has 0 saturated heterocycles. The van der Waals surface area contributed by atoms with Gasteiger partial charge in [0.2, 0.25) is 0 Å². The van der Waals surface area contributed by atoms with Gasteiger partial charge in [-0.05, 0) is 80.2 Å². The Hall–Kier alpha value is -7.95. The molecule has 0 atom stereocenters. The lowest BCUT2D eigenvalue weighted by atomic mass is 9.91. The van der Waals surface area contributed by atoms with Crippen molar-refractivity contribution in [2.24, 2.45) is 0 Å². The summed E-state index contributed by atoms with van der Waals surface area (Å²) in [6.07, 6.45) is 0. The van der Waals surface area contributed by atoms with E-state index in [9.17, 15) is 0 Å². The van der Waals surface area contributed by atoms with Crippen LogP contribution in [0.3, 0.4) is 0 Å². The lowest BCUT2D eigenvalue weighted by molar-refractivity contribution is 0.673. The Bertz CT molecular complexity index is 3250. The number of aromatic nitrogens is 3. The van der Waals surface area contributed by atoms with E-state index in [4.69, 9.17) is 19.4 Å². The van der Waals surface area contributed by atoms with E-state index in [1.165, 1.54) is 22.3 Å². The predicted octanol–water partition coefficient (Wildman–Crippen LogP) is 14.6. The van der Waals surface area contributed by atoms with E-state index in [2.05, 4.69) is 152 Å². The highest BCUT2D eigenvalue weighted by Gasteiger charge is 2.19. The minimum Gasteiger partial charge on any atom is -0.455 e. The first kappa shape index (κ1) is 34.3. The van der Waals surface area contributed by atoms with Crippen molar-refractivity contribution in [3.63, 3.8) is 0 Å². The fourth-order valence-corrected chi connectivity index (χ4v) is 8.23. The van der Waals surface area contributed by atoms with E-state index >= 15 is 0 Å². The number of benzene rings is 9. The van der Waals surface area contributed by atoms with Gasteiger partial charge < -0.3 is 4.42 Å². The van der Waals surface area contributed by atoms with E-state index < -0.39 is 0 Å². The number of nitrogens with zero attached hydrogens (tertiary/aromatic N) is 3. The number of fused-ring (bicyclic) bond motifs is 5. The first-order valence-electron chi connectivity index (χ1n) is 19.8. The van der Waals surface area contributed by atoms with Gasteiger partial charge in [0.25, 0.3) is 0 Å². The molecule has 9 aromatic carbocycles. The molecule has 0 fully saturated rings. The van der Waals surface area contributed by atoms with E-state index in [1.54, 1.807) is 0 Å². The molecule has 0 unspecified atom stereocenters. The minimum atomic E-state index is 0.610. The van der Waals surface area contributed by atoms with Crippen LogP contribution in [0.1, 0.15) is 0 Å². The summed E-state index contributed by atoms with van der Waals surface area (Å²) in [5.41, 5.74) is 13.6. The third-order valence-corrected chi connectivity index (χ3v) is 11.1. The average Bonchev–Trinajstić information content (AvgIpc) is 3.70. The zero-order valence-corrected chi connectivity index (χ0v) is 32.0. The van der Waals surface area contributed by atoms with Crippen LogP contribution in [0.5, 0.6) is 0 Å². The van der Waals surface area contributed by atoms with Crippen molar-refractivity contribution in [3.05, 3.63) is 212 Å². The van der Waals surface area contributed by atoms with Crippen LogP contribution in [-0.4, -0.2) is 15.0 Å². The first-order valence-corrected chi connectivity index (χ1v) is 19.8. The Morgan fingerprint density at radius 3 is 1.42 bits per heavy atom. The van der Waals surface area contributed by atoms with Crippen LogP contribution < -0.4 is 0 Å². The summed E-state index contributed by atoms with van der Waals surface area (Å²) >= 11 is 0. The third-order valence-electron chi connectivity index (χ3n) is 11.1. The molecule has 11 rings (SSSR count). The summed E-state index contributed by atoms with van der Waals surface area (Å²) in [5, 5.41) is 4.41. The summed E-state index contributed by atoms with van der Waals surface area (Å²) in [5.74, 6) is 1.87. The lowest BCUT2D eigenvalue weighted by Gasteiger charge is -2.14. The Kier molecular flexibility index (Phi) is 8.45. The van der Waals surface area contributed by atoms with Crippen molar-refractivity contribution in [3.8, 4) is 78.7 Å². The van der Waals surface area contributed by atoms with Gasteiger partial charge in [0.15, 0.2) is 17.5 Å². The molecule has 4 nitrogen and oxygen atoms in total. The SMILES string of the molecule is c1ccc(-c2cccc(-c3cc4c5ccc(-c6cc(-c7nc(-c8ccccc8)nc(-c8ccccc8)n7)ccc6-c6ccccc6)cc5oc4c4ccccc34)c2)cc1. The Labute approximate surface area is 341 Å². The molecule has 0 aliphatic heterocycles. The fraction of sp³-hybridized carbons (Fsp3) is 0. The number of hydrogen-bond donors (Lipinski definition) is 0. The molecule has 0 aliphatic rings. The molecular weight excluding hydrogens is 719 g/mol. The summed E-state index contributed by atoms with van der Waals surface area (Å²) in [7, 11) is 0. The molecule has 0 aliphatic carbocycles. The molecule has 0 spiro atoms. The normalized spacial score (nSPS) is 11.4. The van der Waals surface area contributed by atoms with Gasteiger partial charge in [-0.3, -0.25) is 0 Å². The fourth-order valence-electron chi connectivity index (χ4n) is 8.23. The van der Waals surface area contributed by atoms with Crippen molar-refractivity contribution in [1.29, 1.82) is 0 Å². The smallest absolute Gasteiger partial charge is 0.164 e. The van der Waals surface area contributed by atoms with Crippen molar-refractivity contribution in [1.82, 2.24) is 15.0 Å². The Balaban J connectivity index is 1.08. The summed E-state index contributed by atoms with van der Waals surface area (Å²) in [6.45, 7) is 0. The molecule has 0 amide bonds. The molecule has 0 N–H and O–H groups in total. The largest absolute Gasteiger partial charge is 0.455 e. The van der Waals surface area contributed by atoms with Crippen molar-refractivity contribution < 1.29 is 4.42 Å². The maximum atomic E-state index is 6.87. The molecule has 2 heterocycles. The topological polar surface area (TPSA) is 51.8 Å². The van der Waals surface area contributed by atoms with Crippen LogP contribution >= 0.6 is 0 Å². The van der Waals surface area contributed by atoms with Gasteiger partial charge in [-0.1, -0.05) is 182 Å². The highest BCUT2D eigenvalue weighted by atomic mass is 16.3. The van der Waals surface area contributed by atoms with Gasteiger partial charge in [-0.15, -0.1) is 0 Å². The van der Waals surface area contributed by atoms with Crippen molar-refractivity contribution >= 4 is 32.7 Å². The molecule has 2 aromatic heterocycles. The number of hydrogen-bond acceptors (Lipinski definition) is 4. The van der Waals surface area contributed by atoms with Crippen LogP contribution in [0.2, 0.25) is 0 Å². The maximum absolute atomic E-state index is 6.87. The predicted molar refractivity (Wildman–Crippen MR) is 243 cm³/mol. The molecule has 59 heavy (non-hydrogen) atoms. The standard InChI is InChI=1S/C55H35N3O/c1-5-16-36(17-6-1)40-24-15-25-41(32-40)49-35-50-46-31-28-42(34-51(46)59-52(50)47-27-14-13-26-45(47)49)48-33-43(29-30-44(48)37-18-7-2-8-19-37)55-57-53(38-20-9-3-10-21-38)56-54(58-55)39-22-11-4-12-23-39/h1-35H. The van der Waals surface area contributed by atoms with Gasteiger partial charge in [0.1, 0.15) is 11.2 Å². The van der Waals surface area contributed by atoms with Crippen molar-refractivity contribution in [2.75, 3.05) is 0 Å². The van der Waals surface area contributed by atoms with Gasteiger partial charge in [0.05, 0.1) is 0 Å². The monoisotopic (exact) mass is 753 g/mol. The molecular formula is C55H35N3O. The summed E-state index contributed by atoms with van der Waals surface area (Å²) in [4.78, 5) is 15.0. The molecule has 4 heteroatoms. The summed E-state index contributed by atoms with van der Waals surface area (Å²) < 4.78 is 6.87. The highest BCUT2D eigenvalue weighted by molar-refractivity contribution is 6.19. The molecule has 0 saturated carbocycles.